The lowest BCUT2D eigenvalue weighted by Crippen LogP contribution is -2.55. The van der Waals surface area contributed by atoms with Crippen molar-refractivity contribution < 1.29 is 22.7 Å². The number of carbonyl (C=O) groups excluding carboxylic acids is 1. The molecule has 2 aliphatic rings. The average Bonchev–Trinajstić information content (AvgIpc) is 2.88. The van der Waals surface area contributed by atoms with Gasteiger partial charge in [0.2, 0.25) is 15.9 Å². The summed E-state index contributed by atoms with van der Waals surface area (Å²) in [5, 5.41) is 13.2. The van der Waals surface area contributed by atoms with Crippen molar-refractivity contribution in [3.63, 3.8) is 0 Å². The topological polar surface area (TPSA) is 98.7 Å². The monoisotopic (exact) mass is 357 g/mol. The Morgan fingerprint density at radius 2 is 1.96 bits per heavy atom. The van der Waals surface area contributed by atoms with Crippen LogP contribution in [0.4, 0.5) is 4.39 Å². The number of benzene rings is 1. The number of hydrogen-bond acceptors (Lipinski definition) is 5. The quantitative estimate of drug-likeness (QED) is 0.670. The second-order valence-corrected chi connectivity index (χ2v) is 7.85. The molecule has 0 aromatic heterocycles. The van der Waals surface area contributed by atoms with Gasteiger partial charge in [0.25, 0.3) is 0 Å². The van der Waals surface area contributed by atoms with Gasteiger partial charge in [0.1, 0.15) is 5.82 Å². The van der Waals surface area contributed by atoms with Gasteiger partial charge in [-0.15, -0.1) is 0 Å². The smallest absolute Gasteiger partial charge is 0.240 e. The van der Waals surface area contributed by atoms with Gasteiger partial charge in [-0.25, -0.2) is 17.5 Å². The molecule has 24 heavy (non-hydrogen) atoms. The van der Waals surface area contributed by atoms with Crippen LogP contribution in [0.5, 0.6) is 0 Å². The Hall–Kier alpha value is -1.55. The van der Waals surface area contributed by atoms with Gasteiger partial charge < -0.3 is 10.4 Å². The molecule has 0 bridgehead atoms. The van der Waals surface area contributed by atoms with Crippen LogP contribution in [0.1, 0.15) is 12.8 Å². The van der Waals surface area contributed by atoms with Gasteiger partial charge in [0, 0.05) is 25.2 Å². The molecule has 132 valence electrons. The molecule has 3 N–H and O–H groups in total. The van der Waals surface area contributed by atoms with Crippen molar-refractivity contribution in [1.82, 2.24) is 14.9 Å². The molecule has 3 rings (SSSR count). The number of aliphatic hydroxyl groups is 1. The Kier molecular flexibility index (Phi) is 4.86. The maximum absolute atomic E-state index is 12.9. The Labute approximate surface area is 139 Å². The molecule has 1 saturated heterocycles. The molecule has 1 aromatic carbocycles. The Morgan fingerprint density at radius 1 is 1.25 bits per heavy atom. The van der Waals surface area contributed by atoms with Crippen molar-refractivity contribution in [3.05, 3.63) is 30.1 Å². The van der Waals surface area contributed by atoms with Crippen LogP contribution in [0.25, 0.3) is 0 Å². The van der Waals surface area contributed by atoms with Gasteiger partial charge >= 0.3 is 0 Å². The molecular weight excluding hydrogens is 337 g/mol. The summed E-state index contributed by atoms with van der Waals surface area (Å²) in [6.07, 6.45) is 0.182. The van der Waals surface area contributed by atoms with Crippen LogP contribution in [0.2, 0.25) is 0 Å². The highest BCUT2D eigenvalue weighted by molar-refractivity contribution is 7.89. The van der Waals surface area contributed by atoms with Gasteiger partial charge in [-0.3, -0.25) is 9.69 Å². The third kappa shape index (κ3) is 3.59. The summed E-state index contributed by atoms with van der Waals surface area (Å²) in [4.78, 5) is 13.3. The van der Waals surface area contributed by atoms with E-state index in [2.05, 4.69) is 10.0 Å². The second kappa shape index (κ2) is 6.75. The summed E-state index contributed by atoms with van der Waals surface area (Å²) in [7, 11) is -3.83. The van der Waals surface area contributed by atoms with Crippen LogP contribution in [0.15, 0.2) is 29.2 Å². The number of halogens is 1. The lowest BCUT2D eigenvalue weighted by Gasteiger charge is -2.34. The number of nitrogens with one attached hydrogen (secondary N) is 2. The number of rotatable bonds is 4. The molecule has 2 fully saturated rings. The van der Waals surface area contributed by atoms with Crippen molar-refractivity contribution in [2.45, 2.75) is 35.9 Å². The number of aliphatic hydroxyl groups excluding tert-OH is 1. The minimum absolute atomic E-state index is 0.0445. The van der Waals surface area contributed by atoms with Crippen LogP contribution < -0.4 is 10.0 Å². The number of piperazine rings is 1. The van der Waals surface area contributed by atoms with E-state index in [9.17, 15) is 22.7 Å². The zero-order valence-electron chi connectivity index (χ0n) is 13.0. The fourth-order valence-corrected chi connectivity index (χ4v) is 4.60. The molecule has 0 unspecified atom stereocenters. The molecule has 1 aromatic rings. The van der Waals surface area contributed by atoms with Crippen LogP contribution in [-0.4, -0.2) is 62.2 Å². The lowest BCUT2D eigenvalue weighted by molar-refractivity contribution is -0.125. The largest absolute Gasteiger partial charge is 0.390 e. The van der Waals surface area contributed by atoms with E-state index in [4.69, 9.17) is 0 Å². The maximum Gasteiger partial charge on any atom is 0.240 e. The molecule has 1 saturated carbocycles. The van der Waals surface area contributed by atoms with Crippen LogP contribution in [0.3, 0.4) is 0 Å². The van der Waals surface area contributed by atoms with Gasteiger partial charge in [0.05, 0.1) is 17.5 Å². The molecule has 0 radical (unpaired) electrons. The van der Waals surface area contributed by atoms with Gasteiger partial charge in [0.15, 0.2) is 0 Å². The predicted octanol–water partition coefficient (Wildman–Crippen LogP) is -0.572. The summed E-state index contributed by atoms with van der Waals surface area (Å²) < 4.78 is 40.1. The van der Waals surface area contributed by atoms with E-state index in [0.29, 0.717) is 25.9 Å². The summed E-state index contributed by atoms with van der Waals surface area (Å²) in [6, 6.07) is 3.65. The van der Waals surface area contributed by atoms with Crippen molar-refractivity contribution in [2.75, 3.05) is 19.6 Å². The Morgan fingerprint density at radius 3 is 2.62 bits per heavy atom. The molecule has 1 heterocycles. The van der Waals surface area contributed by atoms with E-state index < -0.39 is 28.0 Å². The number of nitrogens with zero attached hydrogens (tertiary/aromatic N) is 1. The Bertz CT molecular complexity index is 710. The molecule has 1 aliphatic heterocycles. The van der Waals surface area contributed by atoms with Gasteiger partial charge in [-0.05, 0) is 37.1 Å². The molecule has 7 nitrogen and oxygen atoms in total. The highest BCUT2D eigenvalue weighted by Crippen LogP contribution is 2.26. The highest BCUT2D eigenvalue weighted by Gasteiger charge is 2.41. The van der Waals surface area contributed by atoms with Crippen LogP contribution in [0, 0.1) is 5.82 Å². The highest BCUT2D eigenvalue weighted by atomic mass is 32.2. The summed E-state index contributed by atoms with van der Waals surface area (Å²) in [5.41, 5.74) is 0. The number of sulfonamides is 1. The third-order valence-corrected chi connectivity index (χ3v) is 6.05. The first-order valence-electron chi connectivity index (χ1n) is 7.83. The van der Waals surface area contributed by atoms with E-state index in [-0.39, 0.29) is 23.4 Å². The van der Waals surface area contributed by atoms with E-state index >= 15 is 0 Å². The zero-order chi connectivity index (χ0) is 17.3. The standard InChI is InChI=1S/C15H20FN3O4S/c16-10-1-3-11(4-2-10)24(22,23)18-12-5-6-13(15(12)21)19-8-7-17-14(20)9-19/h1-4,12-13,15,18,21H,5-9H2,(H,17,20)/t12-,13-,15-/m1/s1. The number of hydrogen-bond donors (Lipinski definition) is 3. The van der Waals surface area contributed by atoms with Crippen molar-refractivity contribution >= 4 is 15.9 Å². The summed E-state index contributed by atoms with van der Waals surface area (Å²) in [5.74, 6) is -0.609. The van der Waals surface area contributed by atoms with Crippen molar-refractivity contribution in [1.29, 1.82) is 0 Å². The number of amides is 1. The van der Waals surface area contributed by atoms with E-state index in [1.807, 2.05) is 4.90 Å². The van der Waals surface area contributed by atoms with E-state index in [1.54, 1.807) is 0 Å². The number of carbonyl (C=O) groups is 1. The maximum atomic E-state index is 12.9. The normalized spacial score (nSPS) is 28.8. The average molecular weight is 357 g/mol. The lowest BCUT2D eigenvalue weighted by atomic mass is 10.1. The van der Waals surface area contributed by atoms with E-state index in [1.165, 1.54) is 12.1 Å². The molecule has 1 aliphatic carbocycles. The van der Waals surface area contributed by atoms with Crippen molar-refractivity contribution in [3.8, 4) is 0 Å². The van der Waals surface area contributed by atoms with Crippen LogP contribution in [-0.2, 0) is 14.8 Å². The first-order valence-corrected chi connectivity index (χ1v) is 9.32. The first kappa shape index (κ1) is 17.3. The Balaban J connectivity index is 1.68. The van der Waals surface area contributed by atoms with E-state index in [0.717, 1.165) is 12.1 Å². The molecule has 1 amide bonds. The predicted molar refractivity (Wildman–Crippen MR) is 84.1 cm³/mol. The second-order valence-electron chi connectivity index (χ2n) is 6.14. The molecule has 9 heteroatoms. The van der Waals surface area contributed by atoms with Crippen molar-refractivity contribution in [2.24, 2.45) is 0 Å². The zero-order valence-corrected chi connectivity index (χ0v) is 13.8. The fraction of sp³-hybridized carbons (Fsp3) is 0.533. The first-order chi connectivity index (χ1) is 11.4. The van der Waals surface area contributed by atoms with Crippen LogP contribution >= 0.6 is 0 Å². The molecule has 0 spiro atoms. The van der Waals surface area contributed by atoms with Gasteiger partial charge in [-0.1, -0.05) is 0 Å². The fourth-order valence-electron chi connectivity index (χ4n) is 3.31. The summed E-state index contributed by atoms with van der Waals surface area (Å²) >= 11 is 0. The SMILES string of the molecule is O=C1CN([C@@H]2CC[C@@H](NS(=O)(=O)c3ccc(F)cc3)[C@H]2O)CCN1. The minimum Gasteiger partial charge on any atom is -0.390 e. The third-order valence-electron chi connectivity index (χ3n) is 4.55. The molecule has 3 atom stereocenters. The van der Waals surface area contributed by atoms with Gasteiger partial charge in [-0.2, -0.15) is 0 Å². The minimum atomic E-state index is -3.83. The molecular formula is C15H20FN3O4S. The summed E-state index contributed by atoms with van der Waals surface area (Å²) in [6.45, 7) is 1.36.